The highest BCUT2D eigenvalue weighted by molar-refractivity contribution is 5.94. The smallest absolute Gasteiger partial charge is 0.225 e. The molecule has 4 aromatic rings. The van der Waals surface area contributed by atoms with Gasteiger partial charge in [0.1, 0.15) is 23.0 Å². The standard InChI is InChI=1S/C22H18FN3O/c23-18-12-10-17(11-13-18)21-22(26-15-5-4-8-19(26)24-21)25-20(27)14-9-16-6-2-1-3-7-16/h1-8,10-13,15H,9,14H2,(H,25,27). The van der Waals surface area contributed by atoms with E-state index in [1.807, 2.05) is 59.1 Å². The van der Waals surface area contributed by atoms with Gasteiger partial charge in [0.15, 0.2) is 0 Å². The molecule has 0 saturated carbocycles. The summed E-state index contributed by atoms with van der Waals surface area (Å²) < 4.78 is 15.1. The highest BCUT2D eigenvalue weighted by Gasteiger charge is 2.16. The van der Waals surface area contributed by atoms with Crippen molar-refractivity contribution in [2.75, 3.05) is 5.32 Å². The molecule has 0 aliphatic carbocycles. The average molecular weight is 359 g/mol. The zero-order valence-corrected chi connectivity index (χ0v) is 14.6. The molecule has 0 aliphatic rings. The first-order valence-corrected chi connectivity index (χ1v) is 8.77. The highest BCUT2D eigenvalue weighted by atomic mass is 19.1. The van der Waals surface area contributed by atoms with Crippen molar-refractivity contribution in [3.8, 4) is 11.3 Å². The summed E-state index contributed by atoms with van der Waals surface area (Å²) >= 11 is 0. The van der Waals surface area contributed by atoms with Crippen LogP contribution in [-0.2, 0) is 11.2 Å². The maximum absolute atomic E-state index is 13.3. The third-order valence-electron chi connectivity index (χ3n) is 4.39. The van der Waals surface area contributed by atoms with Gasteiger partial charge < -0.3 is 5.32 Å². The molecule has 4 nitrogen and oxygen atoms in total. The minimum absolute atomic E-state index is 0.0899. The molecule has 5 heteroatoms. The summed E-state index contributed by atoms with van der Waals surface area (Å²) in [6.07, 6.45) is 2.88. The maximum atomic E-state index is 13.3. The van der Waals surface area contributed by atoms with Crippen LogP contribution in [0.4, 0.5) is 10.2 Å². The predicted octanol–water partition coefficient (Wildman–Crippen LogP) is 4.71. The molecule has 2 heterocycles. The van der Waals surface area contributed by atoms with E-state index in [-0.39, 0.29) is 11.7 Å². The number of nitrogens with one attached hydrogen (secondary N) is 1. The van der Waals surface area contributed by atoms with Crippen molar-refractivity contribution < 1.29 is 9.18 Å². The molecule has 0 unspecified atom stereocenters. The van der Waals surface area contributed by atoms with Crippen LogP contribution in [0.1, 0.15) is 12.0 Å². The van der Waals surface area contributed by atoms with E-state index < -0.39 is 0 Å². The topological polar surface area (TPSA) is 46.4 Å². The fraction of sp³-hybridized carbons (Fsp3) is 0.0909. The molecule has 0 aliphatic heterocycles. The van der Waals surface area contributed by atoms with Crippen molar-refractivity contribution >= 4 is 17.4 Å². The lowest BCUT2D eigenvalue weighted by atomic mass is 10.1. The molecule has 0 bridgehead atoms. The summed E-state index contributed by atoms with van der Waals surface area (Å²) in [5.41, 5.74) is 3.20. The Morgan fingerprint density at radius 3 is 2.48 bits per heavy atom. The van der Waals surface area contributed by atoms with Gasteiger partial charge in [-0.05, 0) is 48.4 Å². The summed E-state index contributed by atoms with van der Waals surface area (Å²) in [7, 11) is 0. The number of imidazole rings is 1. The zero-order chi connectivity index (χ0) is 18.6. The van der Waals surface area contributed by atoms with Crippen molar-refractivity contribution in [1.82, 2.24) is 9.38 Å². The average Bonchev–Trinajstić information content (AvgIpc) is 3.06. The first kappa shape index (κ1) is 17.0. The van der Waals surface area contributed by atoms with Crippen LogP contribution in [0.5, 0.6) is 0 Å². The first-order chi connectivity index (χ1) is 13.2. The Labute approximate surface area is 156 Å². The van der Waals surface area contributed by atoms with Crippen LogP contribution < -0.4 is 5.32 Å². The summed E-state index contributed by atoms with van der Waals surface area (Å²) in [5, 5.41) is 2.98. The molecule has 0 saturated heterocycles. The number of benzene rings is 2. The van der Waals surface area contributed by atoms with Crippen LogP contribution in [-0.4, -0.2) is 15.3 Å². The Balaban J connectivity index is 1.62. The lowest BCUT2D eigenvalue weighted by Gasteiger charge is -2.08. The lowest BCUT2D eigenvalue weighted by molar-refractivity contribution is -0.116. The number of rotatable bonds is 5. The fourth-order valence-corrected chi connectivity index (χ4v) is 3.02. The van der Waals surface area contributed by atoms with Crippen LogP contribution in [0.2, 0.25) is 0 Å². The maximum Gasteiger partial charge on any atom is 0.225 e. The molecule has 2 aromatic carbocycles. The van der Waals surface area contributed by atoms with Crippen molar-refractivity contribution in [3.63, 3.8) is 0 Å². The van der Waals surface area contributed by atoms with Crippen LogP contribution in [0.15, 0.2) is 79.0 Å². The van der Waals surface area contributed by atoms with Gasteiger partial charge in [-0.15, -0.1) is 0 Å². The van der Waals surface area contributed by atoms with Crippen LogP contribution in [0.3, 0.4) is 0 Å². The number of anilines is 1. The van der Waals surface area contributed by atoms with Gasteiger partial charge >= 0.3 is 0 Å². The third kappa shape index (κ3) is 3.72. The molecule has 0 radical (unpaired) electrons. The quantitative estimate of drug-likeness (QED) is 0.561. The number of halogens is 1. The second kappa shape index (κ2) is 7.41. The molecule has 0 atom stereocenters. The van der Waals surface area contributed by atoms with E-state index >= 15 is 0 Å². The summed E-state index contributed by atoms with van der Waals surface area (Å²) in [5.74, 6) is 0.194. The van der Waals surface area contributed by atoms with E-state index in [0.29, 0.717) is 24.4 Å². The van der Waals surface area contributed by atoms with E-state index in [2.05, 4.69) is 10.3 Å². The van der Waals surface area contributed by atoms with Crippen molar-refractivity contribution in [3.05, 3.63) is 90.4 Å². The van der Waals surface area contributed by atoms with Gasteiger partial charge in [-0.2, -0.15) is 0 Å². The predicted molar refractivity (Wildman–Crippen MR) is 104 cm³/mol. The van der Waals surface area contributed by atoms with Gasteiger partial charge in [0.05, 0.1) is 0 Å². The number of amides is 1. The van der Waals surface area contributed by atoms with Gasteiger partial charge in [0, 0.05) is 18.2 Å². The molecule has 0 fully saturated rings. The monoisotopic (exact) mass is 359 g/mol. The Morgan fingerprint density at radius 1 is 0.963 bits per heavy atom. The molecular weight excluding hydrogens is 341 g/mol. The highest BCUT2D eigenvalue weighted by Crippen LogP contribution is 2.29. The molecule has 0 spiro atoms. The van der Waals surface area contributed by atoms with Crippen molar-refractivity contribution in [2.45, 2.75) is 12.8 Å². The van der Waals surface area contributed by atoms with Gasteiger partial charge in [-0.3, -0.25) is 9.20 Å². The van der Waals surface area contributed by atoms with Crippen LogP contribution in [0.25, 0.3) is 16.9 Å². The second-order valence-electron chi connectivity index (χ2n) is 6.28. The zero-order valence-electron chi connectivity index (χ0n) is 14.6. The number of hydrogen-bond donors (Lipinski definition) is 1. The Kier molecular flexibility index (Phi) is 4.66. The number of pyridine rings is 1. The van der Waals surface area contributed by atoms with Crippen LogP contribution in [0, 0.1) is 5.82 Å². The Bertz CT molecular complexity index is 1070. The number of carbonyl (C=O) groups excluding carboxylic acids is 1. The SMILES string of the molecule is O=C(CCc1ccccc1)Nc1c(-c2ccc(F)cc2)nc2ccccn12. The summed E-state index contributed by atoms with van der Waals surface area (Å²) in [6, 6.07) is 21.6. The number of aryl methyl sites for hydroxylation is 1. The number of nitrogens with zero attached hydrogens (tertiary/aromatic N) is 2. The summed E-state index contributed by atoms with van der Waals surface area (Å²) in [6.45, 7) is 0. The van der Waals surface area contributed by atoms with Crippen molar-refractivity contribution in [1.29, 1.82) is 0 Å². The molecule has 134 valence electrons. The van der Waals surface area contributed by atoms with E-state index in [1.165, 1.54) is 12.1 Å². The van der Waals surface area contributed by atoms with Gasteiger partial charge in [-0.1, -0.05) is 36.4 Å². The Hall–Kier alpha value is -3.47. The van der Waals surface area contributed by atoms with E-state index in [4.69, 9.17) is 0 Å². The van der Waals surface area contributed by atoms with E-state index in [0.717, 1.165) is 16.8 Å². The fourth-order valence-electron chi connectivity index (χ4n) is 3.02. The van der Waals surface area contributed by atoms with Gasteiger partial charge in [0.25, 0.3) is 0 Å². The first-order valence-electron chi connectivity index (χ1n) is 8.77. The molecule has 2 aromatic heterocycles. The number of aromatic nitrogens is 2. The van der Waals surface area contributed by atoms with Crippen molar-refractivity contribution in [2.24, 2.45) is 0 Å². The molecule has 1 N–H and O–H groups in total. The number of hydrogen-bond acceptors (Lipinski definition) is 2. The summed E-state index contributed by atoms with van der Waals surface area (Å²) in [4.78, 5) is 17.2. The largest absolute Gasteiger partial charge is 0.310 e. The molecule has 27 heavy (non-hydrogen) atoms. The van der Waals surface area contributed by atoms with Gasteiger partial charge in [-0.25, -0.2) is 9.37 Å². The third-order valence-corrected chi connectivity index (χ3v) is 4.39. The van der Waals surface area contributed by atoms with E-state index in [1.54, 1.807) is 12.1 Å². The van der Waals surface area contributed by atoms with Crippen LogP contribution >= 0.6 is 0 Å². The number of carbonyl (C=O) groups is 1. The lowest BCUT2D eigenvalue weighted by Crippen LogP contribution is -2.14. The second-order valence-corrected chi connectivity index (χ2v) is 6.28. The molecular formula is C22H18FN3O. The molecule has 1 amide bonds. The normalized spacial score (nSPS) is 10.9. The molecule has 4 rings (SSSR count). The number of fused-ring (bicyclic) bond motifs is 1. The Morgan fingerprint density at radius 2 is 1.70 bits per heavy atom. The van der Waals surface area contributed by atoms with E-state index in [9.17, 15) is 9.18 Å². The minimum Gasteiger partial charge on any atom is -0.310 e. The van der Waals surface area contributed by atoms with Gasteiger partial charge in [0.2, 0.25) is 5.91 Å². The minimum atomic E-state index is -0.309.